The second-order valence-corrected chi connectivity index (χ2v) is 7.71. The van der Waals surface area contributed by atoms with Crippen molar-refractivity contribution in [3.63, 3.8) is 0 Å². The zero-order valence-corrected chi connectivity index (χ0v) is 16.6. The van der Waals surface area contributed by atoms with Crippen LogP contribution in [0.25, 0.3) is 0 Å². The molecule has 1 fully saturated rings. The fourth-order valence-electron chi connectivity index (χ4n) is 3.07. The number of hydrogen-bond donors (Lipinski definition) is 1. The fourth-order valence-corrected chi connectivity index (χ4v) is 3.58. The number of anilines is 1. The third-order valence-corrected chi connectivity index (χ3v) is 5.77. The number of aryl methyl sites for hydroxylation is 1. The van der Waals surface area contributed by atoms with E-state index < -0.39 is 0 Å². The normalized spacial score (nSPS) is 17.0. The van der Waals surface area contributed by atoms with Gasteiger partial charge >= 0.3 is 0 Å². The van der Waals surface area contributed by atoms with Crippen LogP contribution in [0.1, 0.15) is 28.8 Å². The topological polar surface area (TPSA) is 49.4 Å². The van der Waals surface area contributed by atoms with Crippen molar-refractivity contribution in [3.8, 4) is 0 Å². The Balaban J connectivity index is 1.65. The molecule has 1 unspecified atom stereocenters. The molecule has 0 saturated carbocycles. The summed E-state index contributed by atoms with van der Waals surface area (Å²) in [6.45, 7) is 3.01. The highest BCUT2D eigenvalue weighted by Gasteiger charge is 2.29. The van der Waals surface area contributed by atoms with E-state index in [-0.39, 0.29) is 23.5 Å². The van der Waals surface area contributed by atoms with Crippen LogP contribution in [0.2, 0.25) is 0 Å². The van der Waals surface area contributed by atoms with Gasteiger partial charge in [-0.15, -0.1) is 0 Å². The lowest BCUT2D eigenvalue weighted by molar-refractivity contribution is -0.121. The highest BCUT2D eigenvalue weighted by molar-refractivity contribution is 14.1. The van der Waals surface area contributed by atoms with Crippen LogP contribution in [0.3, 0.4) is 0 Å². The maximum absolute atomic E-state index is 13.0. The predicted octanol–water partition coefficient (Wildman–Crippen LogP) is 4.23. The second-order valence-electron chi connectivity index (χ2n) is 6.55. The average molecular weight is 466 g/mol. The number of piperidine rings is 1. The van der Waals surface area contributed by atoms with Gasteiger partial charge in [0.15, 0.2) is 0 Å². The van der Waals surface area contributed by atoms with E-state index in [4.69, 9.17) is 0 Å². The van der Waals surface area contributed by atoms with Gasteiger partial charge in [-0.05, 0) is 84.3 Å². The van der Waals surface area contributed by atoms with Crippen LogP contribution in [0.5, 0.6) is 0 Å². The first-order valence-electron chi connectivity index (χ1n) is 8.56. The molecule has 1 N–H and O–H groups in total. The quantitative estimate of drug-likeness (QED) is 0.689. The molecule has 1 aliphatic rings. The van der Waals surface area contributed by atoms with E-state index in [0.717, 1.165) is 27.7 Å². The Morgan fingerprint density at radius 2 is 1.92 bits per heavy atom. The molecule has 0 spiro atoms. The van der Waals surface area contributed by atoms with Crippen LogP contribution in [-0.4, -0.2) is 29.8 Å². The van der Waals surface area contributed by atoms with Crippen molar-refractivity contribution in [3.05, 3.63) is 63.0 Å². The summed E-state index contributed by atoms with van der Waals surface area (Å²) in [6, 6.07) is 11.3. The molecular formula is C20H20FIN2O2. The molecule has 1 saturated heterocycles. The van der Waals surface area contributed by atoms with Gasteiger partial charge in [0, 0.05) is 27.9 Å². The third-order valence-electron chi connectivity index (χ3n) is 4.61. The van der Waals surface area contributed by atoms with E-state index in [2.05, 4.69) is 27.9 Å². The molecule has 4 nitrogen and oxygen atoms in total. The van der Waals surface area contributed by atoms with Crippen LogP contribution in [0, 0.1) is 22.2 Å². The highest BCUT2D eigenvalue weighted by atomic mass is 127. The predicted molar refractivity (Wildman–Crippen MR) is 108 cm³/mol. The van der Waals surface area contributed by atoms with Crippen molar-refractivity contribution < 1.29 is 14.0 Å². The first-order valence-corrected chi connectivity index (χ1v) is 9.64. The maximum atomic E-state index is 13.0. The van der Waals surface area contributed by atoms with Crippen LogP contribution in [0.4, 0.5) is 10.1 Å². The van der Waals surface area contributed by atoms with Gasteiger partial charge in [0.05, 0.1) is 5.92 Å². The molecule has 0 aromatic heterocycles. The monoisotopic (exact) mass is 466 g/mol. The molecule has 2 amide bonds. The van der Waals surface area contributed by atoms with E-state index in [0.29, 0.717) is 18.7 Å². The van der Waals surface area contributed by atoms with E-state index in [1.165, 1.54) is 24.3 Å². The molecule has 136 valence electrons. The lowest BCUT2D eigenvalue weighted by Gasteiger charge is -2.32. The molecule has 26 heavy (non-hydrogen) atoms. The summed E-state index contributed by atoms with van der Waals surface area (Å²) in [5.74, 6) is -0.842. The minimum atomic E-state index is -0.370. The number of halogens is 2. The summed E-state index contributed by atoms with van der Waals surface area (Å²) in [4.78, 5) is 26.9. The number of carbonyl (C=O) groups excluding carboxylic acids is 2. The second kappa shape index (κ2) is 8.16. The Morgan fingerprint density at radius 1 is 1.19 bits per heavy atom. The number of benzene rings is 2. The van der Waals surface area contributed by atoms with Gasteiger partial charge in [0.25, 0.3) is 5.91 Å². The Hall–Kier alpha value is -1.96. The largest absolute Gasteiger partial charge is 0.338 e. The zero-order valence-electron chi connectivity index (χ0n) is 14.5. The summed E-state index contributed by atoms with van der Waals surface area (Å²) < 4.78 is 14.1. The maximum Gasteiger partial charge on any atom is 0.253 e. The summed E-state index contributed by atoms with van der Waals surface area (Å²) in [7, 11) is 0. The number of rotatable bonds is 3. The number of amides is 2. The van der Waals surface area contributed by atoms with E-state index in [9.17, 15) is 14.0 Å². The summed E-state index contributed by atoms with van der Waals surface area (Å²) >= 11 is 2.24. The molecule has 1 heterocycles. The Bertz CT molecular complexity index is 823. The molecule has 2 aromatic rings. The Morgan fingerprint density at radius 3 is 2.62 bits per heavy atom. The van der Waals surface area contributed by atoms with Crippen LogP contribution in [-0.2, 0) is 4.79 Å². The molecule has 1 aliphatic heterocycles. The summed E-state index contributed by atoms with van der Waals surface area (Å²) in [5, 5.41) is 2.96. The van der Waals surface area contributed by atoms with Gasteiger partial charge in [0.1, 0.15) is 5.82 Å². The Kier molecular flexibility index (Phi) is 5.90. The van der Waals surface area contributed by atoms with Crippen LogP contribution >= 0.6 is 22.6 Å². The number of nitrogens with one attached hydrogen (secondary N) is 1. The number of likely N-dealkylation sites (tertiary alicyclic amines) is 1. The van der Waals surface area contributed by atoms with Crippen molar-refractivity contribution in [2.24, 2.45) is 5.92 Å². The molecule has 2 aromatic carbocycles. The van der Waals surface area contributed by atoms with Crippen LogP contribution < -0.4 is 5.32 Å². The first kappa shape index (κ1) is 18.8. The first-order chi connectivity index (χ1) is 12.4. The standard InChI is InChI=1S/C20H20FIN2O2/c1-13-4-9-17(11-18(13)22)23-19(25)15-3-2-10-24(12-15)20(26)14-5-7-16(21)8-6-14/h4-9,11,15H,2-3,10,12H2,1H3,(H,23,25). The van der Waals surface area contributed by atoms with Crippen molar-refractivity contribution >= 4 is 40.1 Å². The minimum Gasteiger partial charge on any atom is -0.338 e. The molecule has 0 radical (unpaired) electrons. The highest BCUT2D eigenvalue weighted by Crippen LogP contribution is 2.22. The molecule has 6 heteroatoms. The van der Waals surface area contributed by atoms with Crippen molar-refractivity contribution in [1.29, 1.82) is 0 Å². The average Bonchev–Trinajstić information content (AvgIpc) is 2.65. The van der Waals surface area contributed by atoms with Crippen LogP contribution in [0.15, 0.2) is 42.5 Å². The van der Waals surface area contributed by atoms with Crippen molar-refractivity contribution in [2.75, 3.05) is 18.4 Å². The lowest BCUT2D eigenvalue weighted by Crippen LogP contribution is -2.43. The van der Waals surface area contributed by atoms with Gasteiger partial charge in [-0.1, -0.05) is 6.07 Å². The molecular weight excluding hydrogens is 446 g/mol. The molecule has 3 rings (SSSR count). The number of carbonyl (C=O) groups is 2. The summed E-state index contributed by atoms with van der Waals surface area (Å²) in [6.07, 6.45) is 1.53. The summed E-state index contributed by atoms with van der Waals surface area (Å²) in [5.41, 5.74) is 2.38. The van der Waals surface area contributed by atoms with Gasteiger partial charge in [-0.2, -0.15) is 0 Å². The molecule has 0 aliphatic carbocycles. The van der Waals surface area contributed by atoms with Gasteiger partial charge in [-0.3, -0.25) is 9.59 Å². The SMILES string of the molecule is Cc1ccc(NC(=O)C2CCCN(C(=O)c3ccc(F)cc3)C2)cc1I. The van der Waals surface area contributed by atoms with Gasteiger partial charge < -0.3 is 10.2 Å². The van der Waals surface area contributed by atoms with E-state index in [1.807, 2.05) is 25.1 Å². The molecule has 1 atom stereocenters. The van der Waals surface area contributed by atoms with Crippen molar-refractivity contribution in [1.82, 2.24) is 4.90 Å². The third kappa shape index (κ3) is 4.41. The number of hydrogen-bond acceptors (Lipinski definition) is 2. The Labute approximate surface area is 165 Å². The van der Waals surface area contributed by atoms with Gasteiger partial charge in [-0.25, -0.2) is 4.39 Å². The fraction of sp³-hybridized carbons (Fsp3) is 0.300. The van der Waals surface area contributed by atoms with Crippen molar-refractivity contribution in [2.45, 2.75) is 19.8 Å². The van der Waals surface area contributed by atoms with Gasteiger partial charge in [0.2, 0.25) is 5.91 Å². The smallest absolute Gasteiger partial charge is 0.253 e. The number of nitrogens with zero attached hydrogens (tertiary/aromatic N) is 1. The lowest BCUT2D eigenvalue weighted by atomic mass is 9.96. The van der Waals surface area contributed by atoms with E-state index in [1.54, 1.807) is 4.90 Å². The minimum absolute atomic E-state index is 0.0683. The zero-order chi connectivity index (χ0) is 18.7. The molecule has 0 bridgehead atoms. The van der Waals surface area contributed by atoms with E-state index >= 15 is 0 Å².